The van der Waals surface area contributed by atoms with E-state index in [2.05, 4.69) is 54.5 Å². The van der Waals surface area contributed by atoms with E-state index in [-0.39, 0.29) is 68.9 Å². The molecule has 7 N–H and O–H groups in total. The molecule has 8 aliphatic heterocycles. The lowest BCUT2D eigenvalue weighted by molar-refractivity contribution is -0.110. The molecule has 38 nitrogen and oxygen atoms in total. The lowest BCUT2D eigenvalue weighted by Gasteiger charge is -2.42. The maximum atomic E-state index is 12.6. The molecular weight excluding hydrogens is 1560 g/mol. The third-order valence-corrected chi connectivity index (χ3v) is 28.4. The van der Waals surface area contributed by atoms with E-state index in [1.807, 2.05) is 47.6 Å². The van der Waals surface area contributed by atoms with Crippen LogP contribution in [0.4, 0.5) is 0 Å². The summed E-state index contributed by atoms with van der Waals surface area (Å²) in [6.07, 6.45) is 4.92. The monoisotopic (exact) mass is 1670 g/mol. The molecule has 0 spiro atoms. The van der Waals surface area contributed by atoms with Gasteiger partial charge in [0.2, 0.25) is 10.2 Å². The maximum absolute atomic E-state index is 12.6. The van der Waals surface area contributed by atoms with Gasteiger partial charge >= 0.3 is 30.4 Å². The van der Waals surface area contributed by atoms with Crippen molar-refractivity contribution in [2.24, 2.45) is 11.8 Å². The molecule has 8 fully saturated rings. The number of H-pyrrole nitrogens is 4. The van der Waals surface area contributed by atoms with Gasteiger partial charge in [0.1, 0.15) is 62.4 Å². The van der Waals surface area contributed by atoms with Crippen LogP contribution in [0.25, 0.3) is 0 Å². The van der Waals surface area contributed by atoms with Gasteiger partial charge < -0.3 is 85.0 Å². The van der Waals surface area contributed by atoms with Crippen molar-refractivity contribution < 1.29 is 96.8 Å². The molecule has 18 atom stereocenters. The van der Waals surface area contributed by atoms with Gasteiger partial charge in [-0.05, 0) is 98.4 Å². The number of fused-ring (bicyclic) bond motifs is 8. The maximum Gasteiger partial charge on any atom is 0.339 e. The van der Waals surface area contributed by atoms with Gasteiger partial charge in [0.25, 0.3) is 30.8 Å². The Balaban J connectivity index is 0.000000228. The molecule has 8 saturated heterocycles. The van der Waals surface area contributed by atoms with Crippen LogP contribution in [0.15, 0.2) is 111 Å². The van der Waals surface area contributed by atoms with Crippen LogP contribution in [-0.4, -0.2) is 240 Å². The largest absolute Gasteiger partial charge is 0.400 e. The van der Waals surface area contributed by atoms with Crippen LogP contribution in [0.5, 0.6) is 0 Å². The summed E-state index contributed by atoms with van der Waals surface area (Å²) in [4.78, 5) is 102. The second-order valence-corrected chi connectivity index (χ2v) is 41.6. The number of aromatic nitrogens is 8. The van der Waals surface area contributed by atoms with Crippen molar-refractivity contribution in [3.63, 3.8) is 0 Å². The van der Waals surface area contributed by atoms with Gasteiger partial charge in [0.05, 0.1) is 55.7 Å². The summed E-state index contributed by atoms with van der Waals surface area (Å²) >= 11 is 0. The van der Waals surface area contributed by atoms with E-state index in [9.17, 15) is 61.7 Å². The predicted octanol–water partition coefficient (Wildman–Crippen LogP) is 5.18. The van der Waals surface area contributed by atoms with E-state index in [0.29, 0.717) is 52.1 Å². The molecule has 0 saturated carbocycles. The topological polar surface area (TPSA) is 495 Å². The van der Waals surface area contributed by atoms with E-state index in [0.717, 1.165) is 0 Å². The first-order chi connectivity index (χ1) is 54.0. The molecule has 4 aromatic rings. The van der Waals surface area contributed by atoms with Gasteiger partial charge in [-0.2, -0.15) is 5.26 Å². The van der Waals surface area contributed by atoms with Crippen LogP contribution in [0, 0.1) is 23.2 Å². The Bertz CT molecular complexity index is 4560. The molecule has 0 amide bonds. The molecular formula is C68H109N10O28P5. The van der Waals surface area contributed by atoms with Crippen molar-refractivity contribution in [2.75, 3.05) is 108 Å². The minimum Gasteiger partial charge on any atom is -0.400 e. The van der Waals surface area contributed by atoms with E-state index in [4.69, 9.17) is 57.8 Å². The van der Waals surface area contributed by atoms with Crippen LogP contribution >= 0.6 is 37.8 Å². The highest BCUT2D eigenvalue weighted by Gasteiger charge is 2.61. The molecule has 111 heavy (non-hydrogen) atoms. The van der Waals surface area contributed by atoms with Crippen molar-refractivity contribution in [3.8, 4) is 6.07 Å². The van der Waals surface area contributed by atoms with Crippen molar-refractivity contribution in [1.29, 1.82) is 8.12 Å². The Hall–Kier alpha value is -5.64. The molecule has 0 radical (unpaired) electrons. The van der Waals surface area contributed by atoms with Crippen LogP contribution in [0.2, 0.25) is 0 Å². The van der Waals surface area contributed by atoms with Crippen LogP contribution < -0.4 is 45.0 Å². The second-order valence-electron chi connectivity index (χ2n) is 28.4. The minimum absolute atomic E-state index is 0.00266. The summed E-state index contributed by atoms with van der Waals surface area (Å²) in [7, 11) is -6.19. The van der Waals surface area contributed by atoms with Gasteiger partial charge in [-0.3, -0.25) is 66.5 Å². The first kappa shape index (κ1) is 87.7. The van der Waals surface area contributed by atoms with E-state index in [1.165, 1.54) is 110 Å². The first-order valence-corrected chi connectivity index (χ1v) is 45.7. The predicted molar refractivity (Wildman–Crippen MR) is 410 cm³/mol. The summed E-state index contributed by atoms with van der Waals surface area (Å²) in [5.41, 5.74) is -7.39. The highest BCUT2D eigenvalue weighted by atomic mass is 31.2. The van der Waals surface area contributed by atoms with E-state index >= 15 is 0 Å². The SMILES string of the molecule is CC(C)N(C(C)C)P(OCCC#N)O[C@H]1[C@H]2OCC[C@]1(/C=C/P(C)(C)=O)O[C@H]2n1ccc(=O)[nH]c1=O.COP(C)(=O)CP(=O)(OC)OC.C[C@H]1[C@H]2OCC[C@]1(/C=C/P(C)(C)=O)O[C@H]2n1ccc(=O)[nH]c1=O.[2H]C[C@@]12CCO[C@@H]([C@H](n3ccc(=O)[nH]c3=O)O1)[C@@H]2C.[2H]C[C@@]12CCO[C@@H]([C@H](n3ccc(=O)[nH]c3=O)O1)[C@@H]2O.[3H]OC.[3H]OC. The van der Waals surface area contributed by atoms with Gasteiger partial charge in [0.15, 0.2) is 24.9 Å². The molecule has 8 aliphatic rings. The van der Waals surface area contributed by atoms with Gasteiger partial charge in [-0.25, -0.2) is 23.8 Å². The zero-order valence-corrected chi connectivity index (χ0v) is 69.6. The summed E-state index contributed by atoms with van der Waals surface area (Å²) in [6.45, 7) is 22.2. The third kappa shape index (κ3) is 23.4. The lowest BCUT2D eigenvalue weighted by atomic mass is 9.82. The lowest BCUT2D eigenvalue weighted by Crippen LogP contribution is -2.50. The van der Waals surface area contributed by atoms with Crippen molar-refractivity contribution in [1.82, 2.24) is 42.9 Å². The molecule has 8 bridgehead atoms. The fraction of sp³-hybridized carbons (Fsp3) is 0.691. The highest BCUT2D eigenvalue weighted by Crippen LogP contribution is 2.61. The van der Waals surface area contributed by atoms with Gasteiger partial charge in [0, 0.05) is 144 Å². The van der Waals surface area contributed by atoms with Crippen molar-refractivity contribution in [2.45, 2.75) is 183 Å². The van der Waals surface area contributed by atoms with Gasteiger partial charge in [-0.15, -0.1) is 0 Å². The number of nitriles is 1. The minimum atomic E-state index is -3.21. The fourth-order valence-electron chi connectivity index (χ4n) is 13.3. The normalized spacial score (nSPS) is 31.0. The molecule has 12 rings (SSSR count). The molecule has 0 aliphatic carbocycles. The number of aliphatic hydroxyl groups excluding tert-OH is 3. The second kappa shape index (κ2) is 39.8. The van der Waals surface area contributed by atoms with Crippen LogP contribution in [-0.2, 0) is 78.8 Å². The van der Waals surface area contributed by atoms with Crippen LogP contribution in [0.3, 0.4) is 0 Å². The number of hydrogen-bond donors (Lipinski definition) is 7. The molecule has 4 aromatic heterocycles. The average molecular weight is 1680 g/mol. The number of hydrogen-bond acceptors (Lipinski definition) is 30. The van der Waals surface area contributed by atoms with Gasteiger partial charge in [-0.1, -0.05) is 13.8 Å². The van der Waals surface area contributed by atoms with Crippen molar-refractivity contribution >= 4 is 37.8 Å². The fourth-order valence-corrected chi connectivity index (χ4v) is 20.4. The molecule has 12 heterocycles. The van der Waals surface area contributed by atoms with Crippen LogP contribution in [0.1, 0.15) is 115 Å². The zero-order chi connectivity index (χ0) is 86.0. The standard InChI is InChI=1S/C23H36N4O7P2.C15H21N2O5P.C12H16N2O4.C11H14N2O5.C5H14O5P2.2CH4O/c1-16(2)27(17(3)4)35(32-13-7-11-24)34-20-19-21(26-12-8-18(28)25-22(26)29)33-23(20,9-14-31-19)10-15-36(5,6)30;1-10-12-13(17-7-4-11(18)16-14(17)19)22-15(10,5-8-21-12)6-9-23(2,3)20;1-7-9-10(18-12(7,2)4-6-17-9)14-5-3-8(15)13-11(14)16;1-11-3-5-17-7(8(11)15)9(18-11)13-4-2-6(14)12-10(13)16;1-8-11(4,6)5-12(7,9-2)10-3;2*1-2/h8,10,12,15-17,19-21H,7,9,13-14H2,1-6H3,(H,25,28,29);4,6-7,9-10,12-13H,5,8H2,1-3H3,(H,16,18,19);3,5,7,9-10H,4,6H2,1-2H3,(H,13,15,16);2,4,7-9,15H,3,5H2,1H3,(H,12,14,16);5H2,1-4H3;2*2H,1H3/b15-10+;9-6+;;;;;/t19-,20+,21-,23-,35?;10-,12+,13+,15+;7-,9+,10+,12-;7-,8+,9-,11+;;;/m1001.../s1/i;;2D;1D;;2*2T. The summed E-state index contributed by atoms with van der Waals surface area (Å²) in [6, 6.07) is 7.26. The number of nitrogens with one attached hydrogen (secondary N) is 4. The summed E-state index contributed by atoms with van der Waals surface area (Å²) < 4.78 is 155. The Morgan fingerprint density at radius 2 is 0.973 bits per heavy atom. The van der Waals surface area contributed by atoms with E-state index < -0.39 is 155 Å². The first-order valence-electron chi connectivity index (χ1n) is 37.5. The summed E-state index contributed by atoms with van der Waals surface area (Å²) in [5.74, 6) is 3.21. The number of nitrogens with zero attached hydrogens (tertiary/aromatic N) is 6. The quantitative estimate of drug-likeness (QED) is 0.0417. The Morgan fingerprint density at radius 1 is 0.604 bits per heavy atom. The number of aromatic amines is 4. The van der Waals surface area contributed by atoms with Crippen molar-refractivity contribution in [3.05, 3.63) is 156 Å². The van der Waals surface area contributed by atoms with E-state index in [1.54, 1.807) is 44.4 Å². The summed E-state index contributed by atoms with van der Waals surface area (Å²) in [5, 5.41) is 26.2. The Morgan fingerprint density at radius 3 is 1.37 bits per heavy atom. The average Bonchev–Trinajstić information content (AvgIpc) is 1.62. The number of ether oxygens (including phenoxy) is 8. The third-order valence-electron chi connectivity index (χ3n) is 19.2. The Kier molecular flexibility index (Phi) is 31.5. The smallest absolute Gasteiger partial charge is 0.339 e. The molecule has 624 valence electrons. The Labute approximate surface area is 648 Å². The molecule has 0 aromatic carbocycles. The number of rotatable bonds is 21. The zero-order valence-electron chi connectivity index (χ0n) is 69.1. The highest BCUT2D eigenvalue weighted by molar-refractivity contribution is 7.73. The molecule has 43 heteroatoms. The number of aliphatic hydroxyl groups is 3. The molecule has 2 unspecified atom stereocenters.